The second-order valence-electron chi connectivity index (χ2n) is 8.45. The zero-order valence-electron chi connectivity index (χ0n) is 19.1. The highest BCUT2D eigenvalue weighted by molar-refractivity contribution is 5.94. The summed E-state index contributed by atoms with van der Waals surface area (Å²) in [7, 11) is 0. The molecule has 3 aromatic rings. The van der Waals surface area contributed by atoms with Crippen LogP contribution in [0.4, 0.5) is 24.7 Å². The lowest BCUT2D eigenvalue weighted by Crippen LogP contribution is -2.35. The van der Waals surface area contributed by atoms with Gasteiger partial charge >= 0.3 is 6.18 Å². The Morgan fingerprint density at radius 2 is 1.83 bits per heavy atom. The van der Waals surface area contributed by atoms with Gasteiger partial charge in [0.25, 0.3) is 0 Å². The third kappa shape index (κ3) is 6.85. The zero-order chi connectivity index (χ0) is 24.3. The third-order valence-corrected chi connectivity index (χ3v) is 5.80. The molecule has 35 heavy (non-hydrogen) atoms. The molecule has 4 rings (SSSR count). The monoisotopic (exact) mass is 506 g/mol. The smallest absolute Gasteiger partial charge is 0.354 e. The molecule has 0 spiro atoms. The largest absolute Gasteiger partial charge is 0.416 e. The number of amides is 2. The van der Waals surface area contributed by atoms with Crippen LogP contribution in [0.1, 0.15) is 30.9 Å². The summed E-state index contributed by atoms with van der Waals surface area (Å²) in [6.45, 7) is 3.05. The maximum absolute atomic E-state index is 12.7. The molecule has 2 amide bonds. The lowest BCUT2D eigenvalue weighted by Gasteiger charge is -2.18. The highest BCUT2D eigenvalue weighted by atomic mass is 35.5. The molecule has 1 fully saturated rings. The van der Waals surface area contributed by atoms with Gasteiger partial charge in [0.05, 0.1) is 11.1 Å². The van der Waals surface area contributed by atoms with Gasteiger partial charge in [-0.15, -0.1) is 12.4 Å². The number of pyridine rings is 1. The number of hydrogen-bond acceptors (Lipinski definition) is 4. The zero-order valence-corrected chi connectivity index (χ0v) is 19.9. The number of nitrogens with one attached hydrogen (secondary N) is 2. The number of alkyl halides is 3. The van der Waals surface area contributed by atoms with E-state index in [0.717, 1.165) is 41.8 Å². The molecule has 0 saturated carbocycles. The Bertz CT molecular complexity index is 1200. The van der Waals surface area contributed by atoms with Gasteiger partial charge < -0.3 is 15.5 Å². The van der Waals surface area contributed by atoms with Gasteiger partial charge in [-0.2, -0.15) is 13.2 Å². The van der Waals surface area contributed by atoms with Gasteiger partial charge in [-0.3, -0.25) is 9.59 Å². The number of nitrogens with zero attached hydrogens (tertiary/aromatic N) is 2. The van der Waals surface area contributed by atoms with E-state index in [-0.39, 0.29) is 36.7 Å². The fraction of sp³-hybridized carbons (Fsp3) is 0.320. The lowest BCUT2D eigenvalue weighted by molar-refractivity contribution is -0.137. The molecular formula is C25H26ClF3N4O2. The Morgan fingerprint density at radius 1 is 1.09 bits per heavy atom. The normalized spacial score (nSPS) is 15.5. The minimum absolute atomic E-state index is 0. The van der Waals surface area contributed by atoms with Gasteiger partial charge in [0.2, 0.25) is 11.8 Å². The van der Waals surface area contributed by atoms with E-state index in [1.165, 1.54) is 19.1 Å². The van der Waals surface area contributed by atoms with Crippen LogP contribution in [0.25, 0.3) is 10.9 Å². The molecule has 1 unspecified atom stereocenters. The predicted octanol–water partition coefficient (Wildman–Crippen LogP) is 4.96. The first-order valence-electron chi connectivity index (χ1n) is 11.1. The van der Waals surface area contributed by atoms with Crippen molar-refractivity contribution in [1.82, 2.24) is 10.3 Å². The first kappa shape index (κ1) is 26.3. The van der Waals surface area contributed by atoms with Crippen molar-refractivity contribution in [3.63, 3.8) is 0 Å². The van der Waals surface area contributed by atoms with Crippen LogP contribution in [0, 0.1) is 0 Å². The van der Waals surface area contributed by atoms with Crippen LogP contribution in [0.3, 0.4) is 0 Å². The van der Waals surface area contributed by atoms with E-state index >= 15 is 0 Å². The molecule has 186 valence electrons. The minimum atomic E-state index is -4.37. The maximum atomic E-state index is 12.7. The van der Waals surface area contributed by atoms with Crippen LogP contribution >= 0.6 is 12.4 Å². The Balaban J connectivity index is 0.00000342. The van der Waals surface area contributed by atoms with Gasteiger partial charge in [0, 0.05) is 43.5 Å². The van der Waals surface area contributed by atoms with Gasteiger partial charge in [0.1, 0.15) is 5.82 Å². The lowest BCUT2D eigenvalue weighted by atomic mass is 10.1. The summed E-state index contributed by atoms with van der Waals surface area (Å²) in [5, 5.41) is 6.65. The van der Waals surface area contributed by atoms with Crippen molar-refractivity contribution in [2.45, 2.75) is 38.4 Å². The van der Waals surface area contributed by atoms with Crippen molar-refractivity contribution in [3.8, 4) is 0 Å². The standard InChI is InChI=1S/C25H25F3N4O2.ClH/c1-16(33)29-21-12-13-32(15-21)23-10-5-18-14-20(8-9-22(18)31-23)30-24(34)11-4-17-2-6-19(7-3-17)25(26,27)28;/h2-3,5-10,14,21H,4,11-13,15H2,1H3,(H,29,33)(H,30,34);1H. The minimum Gasteiger partial charge on any atom is -0.354 e. The Morgan fingerprint density at radius 3 is 2.51 bits per heavy atom. The number of rotatable bonds is 6. The third-order valence-electron chi connectivity index (χ3n) is 5.80. The van der Waals surface area contributed by atoms with Gasteiger partial charge in [0.15, 0.2) is 0 Å². The van der Waals surface area contributed by atoms with Gasteiger partial charge in [-0.05, 0) is 60.9 Å². The number of aromatic nitrogens is 1. The number of benzene rings is 2. The van der Waals surface area contributed by atoms with Gasteiger partial charge in [-0.1, -0.05) is 12.1 Å². The van der Waals surface area contributed by atoms with E-state index < -0.39 is 11.7 Å². The fourth-order valence-corrected chi connectivity index (χ4v) is 4.08. The second-order valence-corrected chi connectivity index (χ2v) is 8.45. The van der Waals surface area contributed by atoms with Crippen molar-refractivity contribution in [1.29, 1.82) is 0 Å². The number of halogens is 4. The van der Waals surface area contributed by atoms with Crippen LogP contribution in [0.15, 0.2) is 54.6 Å². The van der Waals surface area contributed by atoms with Crippen LogP contribution in [0.2, 0.25) is 0 Å². The molecule has 1 aromatic heterocycles. The molecule has 1 atom stereocenters. The molecular weight excluding hydrogens is 481 g/mol. The van der Waals surface area contributed by atoms with Crippen molar-refractivity contribution >= 4 is 46.6 Å². The molecule has 1 saturated heterocycles. The molecule has 1 aliphatic rings. The van der Waals surface area contributed by atoms with E-state index in [1.54, 1.807) is 6.07 Å². The average Bonchev–Trinajstić information content (AvgIpc) is 3.25. The van der Waals surface area contributed by atoms with Crippen molar-refractivity contribution < 1.29 is 22.8 Å². The number of carbonyl (C=O) groups is 2. The van der Waals surface area contributed by atoms with Crippen LogP contribution in [-0.4, -0.2) is 35.9 Å². The van der Waals surface area contributed by atoms with Crippen molar-refractivity contribution in [3.05, 3.63) is 65.7 Å². The second kappa shape index (κ2) is 10.9. The summed E-state index contributed by atoms with van der Waals surface area (Å²) in [6.07, 6.45) is -3.00. The summed E-state index contributed by atoms with van der Waals surface area (Å²) in [4.78, 5) is 30.5. The first-order valence-corrected chi connectivity index (χ1v) is 11.1. The van der Waals surface area contributed by atoms with E-state index in [1.807, 2.05) is 24.3 Å². The maximum Gasteiger partial charge on any atom is 0.416 e. The van der Waals surface area contributed by atoms with E-state index in [9.17, 15) is 22.8 Å². The van der Waals surface area contributed by atoms with Crippen molar-refractivity contribution in [2.24, 2.45) is 0 Å². The summed E-state index contributed by atoms with van der Waals surface area (Å²) < 4.78 is 38.0. The highest BCUT2D eigenvalue weighted by Gasteiger charge is 2.30. The molecule has 10 heteroatoms. The average molecular weight is 507 g/mol. The number of hydrogen-bond donors (Lipinski definition) is 2. The first-order chi connectivity index (χ1) is 16.2. The summed E-state index contributed by atoms with van der Waals surface area (Å²) in [6, 6.07) is 14.3. The quantitative estimate of drug-likeness (QED) is 0.495. The number of aryl methyl sites for hydroxylation is 1. The number of carbonyl (C=O) groups excluding carboxylic acids is 2. The highest BCUT2D eigenvalue weighted by Crippen LogP contribution is 2.29. The molecule has 2 N–H and O–H groups in total. The molecule has 2 heterocycles. The summed E-state index contributed by atoms with van der Waals surface area (Å²) in [5.41, 5.74) is 1.39. The topological polar surface area (TPSA) is 74.3 Å². The summed E-state index contributed by atoms with van der Waals surface area (Å²) >= 11 is 0. The van der Waals surface area contributed by atoms with E-state index in [4.69, 9.17) is 4.98 Å². The van der Waals surface area contributed by atoms with Crippen LogP contribution < -0.4 is 15.5 Å². The molecule has 6 nitrogen and oxygen atoms in total. The van der Waals surface area contributed by atoms with Crippen molar-refractivity contribution in [2.75, 3.05) is 23.3 Å². The molecule has 2 aromatic carbocycles. The SMILES string of the molecule is CC(=O)NC1CCN(c2ccc3cc(NC(=O)CCc4ccc(C(F)(F)F)cc4)ccc3n2)C1.Cl. The van der Waals surface area contributed by atoms with Gasteiger partial charge in [-0.25, -0.2) is 4.98 Å². The Labute approximate surface area is 207 Å². The molecule has 0 aliphatic carbocycles. The van der Waals surface area contributed by atoms with E-state index in [2.05, 4.69) is 15.5 Å². The Kier molecular flexibility index (Phi) is 8.22. The predicted molar refractivity (Wildman–Crippen MR) is 132 cm³/mol. The fourth-order valence-electron chi connectivity index (χ4n) is 4.08. The molecule has 0 radical (unpaired) electrons. The Hall–Kier alpha value is -3.33. The number of anilines is 2. The van der Waals surface area contributed by atoms with E-state index in [0.29, 0.717) is 24.2 Å². The van der Waals surface area contributed by atoms with Crippen LogP contribution in [-0.2, 0) is 22.2 Å². The molecule has 1 aliphatic heterocycles. The van der Waals surface area contributed by atoms with Crippen LogP contribution in [0.5, 0.6) is 0 Å². The number of fused-ring (bicyclic) bond motifs is 1. The summed E-state index contributed by atoms with van der Waals surface area (Å²) in [5.74, 6) is 0.589. The molecule has 0 bridgehead atoms.